The molecule has 6 heteroatoms. The van der Waals surface area contributed by atoms with Crippen molar-refractivity contribution in [2.75, 3.05) is 24.5 Å². The molecule has 25 heavy (non-hydrogen) atoms. The van der Waals surface area contributed by atoms with E-state index in [0.717, 1.165) is 18.7 Å². The van der Waals surface area contributed by atoms with Crippen LogP contribution in [0.25, 0.3) is 0 Å². The molecule has 1 N–H and O–H groups in total. The van der Waals surface area contributed by atoms with E-state index in [-0.39, 0.29) is 10.5 Å². The van der Waals surface area contributed by atoms with E-state index in [1.165, 1.54) is 30.7 Å². The fourth-order valence-corrected chi connectivity index (χ4v) is 4.24. The molecular formula is C19H21N3O2S. The molecule has 0 aliphatic carbocycles. The zero-order valence-electron chi connectivity index (χ0n) is 14.0. The predicted molar refractivity (Wildman–Crippen MR) is 97.9 cm³/mol. The summed E-state index contributed by atoms with van der Waals surface area (Å²) < 4.78 is 27.3. The highest BCUT2D eigenvalue weighted by Gasteiger charge is 2.17. The molecule has 1 heterocycles. The lowest BCUT2D eigenvalue weighted by Gasteiger charge is -2.17. The molecule has 0 aromatic heterocycles. The maximum absolute atomic E-state index is 12.4. The van der Waals surface area contributed by atoms with Gasteiger partial charge < -0.3 is 4.90 Å². The fraction of sp³-hybridized carbons (Fsp3) is 0.316. The summed E-state index contributed by atoms with van der Waals surface area (Å²) in [7, 11) is -3.68. The quantitative estimate of drug-likeness (QED) is 0.865. The highest BCUT2D eigenvalue weighted by atomic mass is 32.2. The molecule has 1 aliphatic rings. The number of nitrogens with one attached hydrogen (secondary N) is 1. The van der Waals surface area contributed by atoms with Gasteiger partial charge in [-0.15, -0.1) is 0 Å². The highest BCUT2D eigenvalue weighted by Crippen LogP contribution is 2.20. The van der Waals surface area contributed by atoms with Crippen molar-refractivity contribution < 1.29 is 8.42 Å². The minimum Gasteiger partial charge on any atom is -0.372 e. The molecule has 0 amide bonds. The van der Waals surface area contributed by atoms with E-state index < -0.39 is 10.0 Å². The summed E-state index contributed by atoms with van der Waals surface area (Å²) in [6.45, 7) is 2.51. The third-order valence-corrected chi connectivity index (χ3v) is 5.93. The summed E-state index contributed by atoms with van der Waals surface area (Å²) in [5.74, 6) is 0. The summed E-state index contributed by atoms with van der Waals surface area (Å²) in [5.41, 5.74) is 2.47. The van der Waals surface area contributed by atoms with Crippen LogP contribution in [-0.4, -0.2) is 28.1 Å². The largest absolute Gasteiger partial charge is 0.372 e. The fourth-order valence-electron chi connectivity index (χ4n) is 3.05. The van der Waals surface area contributed by atoms with Crippen LogP contribution < -0.4 is 9.62 Å². The van der Waals surface area contributed by atoms with Crippen molar-refractivity contribution in [1.82, 2.24) is 4.72 Å². The Morgan fingerprint density at radius 3 is 2.40 bits per heavy atom. The molecule has 1 aliphatic heterocycles. The van der Waals surface area contributed by atoms with E-state index in [4.69, 9.17) is 5.26 Å². The first kappa shape index (κ1) is 17.5. The van der Waals surface area contributed by atoms with Gasteiger partial charge in [0, 0.05) is 25.3 Å². The van der Waals surface area contributed by atoms with Crippen molar-refractivity contribution in [3.63, 3.8) is 0 Å². The molecule has 0 spiro atoms. The maximum atomic E-state index is 12.4. The van der Waals surface area contributed by atoms with Crippen LogP contribution in [0.5, 0.6) is 0 Å². The van der Waals surface area contributed by atoms with Crippen molar-refractivity contribution in [2.45, 2.75) is 24.2 Å². The summed E-state index contributed by atoms with van der Waals surface area (Å²) in [6, 6.07) is 16.4. The van der Waals surface area contributed by atoms with Gasteiger partial charge in [0.25, 0.3) is 0 Å². The van der Waals surface area contributed by atoms with Gasteiger partial charge in [0.05, 0.1) is 10.5 Å². The van der Waals surface area contributed by atoms with Gasteiger partial charge in [-0.25, -0.2) is 13.1 Å². The number of anilines is 1. The van der Waals surface area contributed by atoms with Crippen LogP contribution in [0.2, 0.25) is 0 Å². The first-order chi connectivity index (χ1) is 12.1. The lowest BCUT2D eigenvalue weighted by molar-refractivity contribution is 0.581. The standard InChI is InChI=1S/C19H21N3O2S/c20-15-17-5-1-2-6-19(17)25(23,24)21-12-11-16-7-9-18(10-8-16)22-13-3-4-14-22/h1-2,5-10,21H,3-4,11-14H2. The number of benzene rings is 2. The average Bonchev–Trinajstić information content (AvgIpc) is 3.17. The molecule has 2 aromatic carbocycles. The van der Waals surface area contributed by atoms with Crippen molar-refractivity contribution >= 4 is 15.7 Å². The van der Waals surface area contributed by atoms with Crippen molar-refractivity contribution in [1.29, 1.82) is 5.26 Å². The van der Waals surface area contributed by atoms with Gasteiger partial charge in [-0.1, -0.05) is 24.3 Å². The predicted octanol–water partition coefficient (Wildman–Crippen LogP) is 2.68. The normalized spacial score (nSPS) is 14.4. The van der Waals surface area contributed by atoms with Crippen LogP contribution in [0.3, 0.4) is 0 Å². The first-order valence-electron chi connectivity index (χ1n) is 8.43. The smallest absolute Gasteiger partial charge is 0.241 e. The van der Waals surface area contributed by atoms with Gasteiger partial charge in [-0.2, -0.15) is 5.26 Å². The number of hydrogen-bond donors (Lipinski definition) is 1. The molecule has 0 atom stereocenters. The third-order valence-electron chi connectivity index (χ3n) is 4.41. The van der Waals surface area contributed by atoms with Gasteiger partial charge in [-0.3, -0.25) is 0 Å². The molecular weight excluding hydrogens is 334 g/mol. The summed E-state index contributed by atoms with van der Waals surface area (Å²) in [4.78, 5) is 2.40. The lowest BCUT2D eigenvalue weighted by atomic mass is 10.1. The number of nitrogens with zero attached hydrogens (tertiary/aromatic N) is 2. The Hall–Kier alpha value is -2.36. The second-order valence-corrected chi connectivity index (χ2v) is 7.85. The Morgan fingerprint density at radius 2 is 1.72 bits per heavy atom. The van der Waals surface area contributed by atoms with E-state index in [9.17, 15) is 8.42 Å². The van der Waals surface area contributed by atoms with Gasteiger partial charge in [0.15, 0.2) is 0 Å². The zero-order chi connectivity index (χ0) is 17.7. The van der Waals surface area contributed by atoms with Crippen molar-refractivity contribution in [3.8, 4) is 6.07 Å². The molecule has 1 fully saturated rings. The Morgan fingerprint density at radius 1 is 1.04 bits per heavy atom. The van der Waals surface area contributed by atoms with E-state index in [1.54, 1.807) is 12.1 Å². The van der Waals surface area contributed by atoms with Crippen LogP contribution >= 0.6 is 0 Å². The van der Waals surface area contributed by atoms with Crippen LogP contribution in [-0.2, 0) is 16.4 Å². The number of rotatable bonds is 6. The Labute approximate surface area is 149 Å². The SMILES string of the molecule is N#Cc1ccccc1S(=O)(=O)NCCc1ccc(N2CCCC2)cc1. The molecule has 1 saturated heterocycles. The molecule has 5 nitrogen and oxygen atoms in total. The topological polar surface area (TPSA) is 73.2 Å². The van der Waals surface area contributed by atoms with E-state index in [0.29, 0.717) is 13.0 Å². The third kappa shape index (κ3) is 4.19. The Kier molecular flexibility index (Phi) is 5.37. The van der Waals surface area contributed by atoms with Crippen LogP contribution in [0, 0.1) is 11.3 Å². The van der Waals surface area contributed by atoms with Crippen LogP contribution in [0.1, 0.15) is 24.0 Å². The summed E-state index contributed by atoms with van der Waals surface area (Å²) in [5, 5.41) is 9.05. The highest BCUT2D eigenvalue weighted by molar-refractivity contribution is 7.89. The minimum atomic E-state index is -3.68. The number of hydrogen-bond acceptors (Lipinski definition) is 4. The zero-order valence-corrected chi connectivity index (χ0v) is 14.8. The number of sulfonamides is 1. The summed E-state index contributed by atoms with van der Waals surface area (Å²) >= 11 is 0. The van der Waals surface area contributed by atoms with Crippen molar-refractivity contribution in [2.24, 2.45) is 0 Å². The molecule has 0 radical (unpaired) electrons. The Bertz CT molecular complexity index is 864. The minimum absolute atomic E-state index is 0.0295. The second-order valence-electron chi connectivity index (χ2n) is 6.12. The maximum Gasteiger partial charge on any atom is 0.241 e. The number of nitriles is 1. The van der Waals surface area contributed by atoms with Crippen LogP contribution in [0.4, 0.5) is 5.69 Å². The Balaban J connectivity index is 1.59. The van der Waals surface area contributed by atoms with Gasteiger partial charge in [0.2, 0.25) is 10.0 Å². The molecule has 0 saturated carbocycles. The van der Waals surface area contributed by atoms with E-state index >= 15 is 0 Å². The second kappa shape index (κ2) is 7.68. The molecule has 0 unspecified atom stereocenters. The molecule has 0 bridgehead atoms. The van der Waals surface area contributed by atoms with Crippen molar-refractivity contribution in [3.05, 3.63) is 59.7 Å². The van der Waals surface area contributed by atoms with E-state index in [1.807, 2.05) is 18.2 Å². The summed E-state index contributed by atoms with van der Waals surface area (Å²) in [6.07, 6.45) is 3.09. The monoisotopic (exact) mass is 355 g/mol. The lowest BCUT2D eigenvalue weighted by Crippen LogP contribution is -2.26. The van der Waals surface area contributed by atoms with Gasteiger partial charge >= 0.3 is 0 Å². The van der Waals surface area contributed by atoms with Gasteiger partial charge in [-0.05, 0) is 49.1 Å². The molecule has 130 valence electrons. The van der Waals surface area contributed by atoms with Crippen LogP contribution in [0.15, 0.2) is 53.4 Å². The molecule has 2 aromatic rings. The molecule has 3 rings (SSSR count). The van der Waals surface area contributed by atoms with Gasteiger partial charge in [0.1, 0.15) is 6.07 Å². The van der Waals surface area contributed by atoms with E-state index in [2.05, 4.69) is 21.8 Å². The average molecular weight is 355 g/mol. The first-order valence-corrected chi connectivity index (χ1v) is 9.91.